The van der Waals surface area contributed by atoms with Gasteiger partial charge in [-0.2, -0.15) is 0 Å². The van der Waals surface area contributed by atoms with Gasteiger partial charge in [-0.3, -0.25) is 0 Å². The molecule has 1 fully saturated rings. The Kier molecular flexibility index (Phi) is 7.29. The van der Waals surface area contributed by atoms with Gasteiger partial charge in [0.2, 0.25) is 0 Å². The van der Waals surface area contributed by atoms with Crippen molar-refractivity contribution in [2.75, 3.05) is 39.9 Å². The van der Waals surface area contributed by atoms with Crippen molar-refractivity contribution in [2.45, 2.75) is 51.7 Å². The average molecular weight is 272 g/mol. The summed E-state index contributed by atoms with van der Waals surface area (Å²) in [6.45, 7) is 10.1. The van der Waals surface area contributed by atoms with E-state index in [-0.39, 0.29) is 18.2 Å². The molecule has 2 N–H and O–H groups in total. The predicted octanol–water partition coefficient (Wildman–Crippen LogP) is 1.48. The highest BCUT2D eigenvalue weighted by Crippen LogP contribution is 2.40. The lowest BCUT2D eigenvalue weighted by Crippen LogP contribution is -2.58. The van der Waals surface area contributed by atoms with E-state index in [1.54, 1.807) is 0 Å². The van der Waals surface area contributed by atoms with Crippen LogP contribution in [0.15, 0.2) is 0 Å². The van der Waals surface area contributed by atoms with Crippen LogP contribution in [0.5, 0.6) is 0 Å². The molecule has 1 unspecified atom stereocenters. The number of nitrogens with one attached hydrogen (secondary N) is 1. The van der Waals surface area contributed by atoms with Crippen molar-refractivity contribution in [3.63, 3.8) is 0 Å². The molecule has 0 heterocycles. The van der Waals surface area contributed by atoms with Crippen LogP contribution in [-0.2, 0) is 4.74 Å². The zero-order valence-electron chi connectivity index (χ0n) is 13.1. The molecule has 0 spiro atoms. The molecule has 19 heavy (non-hydrogen) atoms. The molecule has 0 aliphatic heterocycles. The van der Waals surface area contributed by atoms with E-state index in [0.29, 0.717) is 5.92 Å². The molecule has 0 radical (unpaired) electrons. The van der Waals surface area contributed by atoms with Crippen LogP contribution < -0.4 is 5.32 Å². The minimum atomic E-state index is -0.109. The lowest BCUT2D eigenvalue weighted by molar-refractivity contribution is 0.0475. The van der Waals surface area contributed by atoms with Crippen molar-refractivity contribution in [3.8, 4) is 0 Å². The fraction of sp³-hybridized carbons (Fsp3) is 1.00. The molecule has 0 saturated heterocycles. The van der Waals surface area contributed by atoms with Crippen molar-refractivity contribution in [3.05, 3.63) is 0 Å². The van der Waals surface area contributed by atoms with Gasteiger partial charge in [-0.25, -0.2) is 0 Å². The number of ether oxygens (including phenoxy) is 1. The second-order valence-electron chi connectivity index (χ2n) is 6.17. The Morgan fingerprint density at radius 2 is 2.11 bits per heavy atom. The van der Waals surface area contributed by atoms with Crippen LogP contribution in [0.3, 0.4) is 0 Å². The van der Waals surface area contributed by atoms with E-state index < -0.39 is 0 Å². The summed E-state index contributed by atoms with van der Waals surface area (Å²) >= 11 is 0. The standard InChI is InChI=1S/C15H32N2O2/c1-5-8-16-15(12-18,14-6-7-14)11-17(4)9-10-19-13(2)3/h13-14,16,18H,5-12H2,1-4H3. The number of hydrogen-bond donors (Lipinski definition) is 2. The molecule has 4 nitrogen and oxygen atoms in total. The maximum atomic E-state index is 9.86. The van der Waals surface area contributed by atoms with Gasteiger partial charge in [-0.1, -0.05) is 6.92 Å². The van der Waals surface area contributed by atoms with Gasteiger partial charge in [0, 0.05) is 13.1 Å². The lowest BCUT2D eigenvalue weighted by Gasteiger charge is -2.37. The molecule has 114 valence electrons. The van der Waals surface area contributed by atoms with Crippen LogP contribution in [0.25, 0.3) is 0 Å². The molecular weight excluding hydrogens is 240 g/mol. The Balaban J connectivity index is 2.42. The predicted molar refractivity (Wildman–Crippen MR) is 79.4 cm³/mol. The Bertz CT molecular complexity index is 244. The van der Waals surface area contributed by atoms with E-state index in [0.717, 1.165) is 32.7 Å². The fourth-order valence-corrected chi connectivity index (χ4v) is 2.58. The Labute approximate surface area is 118 Å². The van der Waals surface area contributed by atoms with Gasteiger partial charge in [0.1, 0.15) is 0 Å². The van der Waals surface area contributed by atoms with Gasteiger partial charge in [-0.15, -0.1) is 0 Å². The van der Waals surface area contributed by atoms with Crippen LogP contribution in [0.2, 0.25) is 0 Å². The summed E-state index contributed by atoms with van der Waals surface area (Å²) in [4.78, 5) is 2.28. The van der Waals surface area contributed by atoms with E-state index in [2.05, 4.69) is 38.0 Å². The smallest absolute Gasteiger partial charge is 0.0628 e. The molecule has 0 aromatic carbocycles. The first-order chi connectivity index (χ1) is 9.04. The third-order valence-corrected chi connectivity index (χ3v) is 3.84. The SMILES string of the molecule is CCCNC(CO)(CN(C)CCOC(C)C)C1CC1. The van der Waals surface area contributed by atoms with Crippen LogP contribution in [0, 0.1) is 5.92 Å². The van der Waals surface area contributed by atoms with Crippen molar-refractivity contribution in [1.82, 2.24) is 10.2 Å². The molecule has 0 amide bonds. The molecule has 0 bridgehead atoms. The minimum Gasteiger partial charge on any atom is -0.394 e. The van der Waals surface area contributed by atoms with Gasteiger partial charge >= 0.3 is 0 Å². The Hall–Kier alpha value is -0.160. The maximum Gasteiger partial charge on any atom is 0.0628 e. The monoisotopic (exact) mass is 272 g/mol. The number of rotatable bonds is 11. The quantitative estimate of drug-likeness (QED) is 0.598. The average Bonchev–Trinajstić information content (AvgIpc) is 3.18. The minimum absolute atomic E-state index is 0.109. The van der Waals surface area contributed by atoms with Crippen molar-refractivity contribution in [2.24, 2.45) is 5.92 Å². The molecule has 1 rings (SSSR count). The van der Waals surface area contributed by atoms with Crippen molar-refractivity contribution < 1.29 is 9.84 Å². The van der Waals surface area contributed by atoms with Crippen LogP contribution in [0.4, 0.5) is 0 Å². The molecule has 1 aliphatic rings. The van der Waals surface area contributed by atoms with Gasteiger partial charge in [0.15, 0.2) is 0 Å². The third kappa shape index (κ3) is 5.78. The highest BCUT2D eigenvalue weighted by molar-refractivity contribution is 5.02. The first-order valence-corrected chi connectivity index (χ1v) is 7.70. The number of nitrogens with zero attached hydrogens (tertiary/aromatic N) is 1. The highest BCUT2D eigenvalue weighted by Gasteiger charge is 2.44. The van der Waals surface area contributed by atoms with E-state index in [9.17, 15) is 5.11 Å². The molecule has 0 aromatic heterocycles. The van der Waals surface area contributed by atoms with Crippen LogP contribution in [0.1, 0.15) is 40.0 Å². The van der Waals surface area contributed by atoms with E-state index in [1.165, 1.54) is 12.8 Å². The maximum absolute atomic E-state index is 9.86. The van der Waals surface area contributed by atoms with Crippen LogP contribution >= 0.6 is 0 Å². The topological polar surface area (TPSA) is 44.7 Å². The molecule has 0 aromatic rings. The first-order valence-electron chi connectivity index (χ1n) is 7.70. The lowest BCUT2D eigenvalue weighted by atomic mass is 9.93. The molecule has 1 atom stereocenters. The number of aliphatic hydroxyl groups excluding tert-OH is 1. The summed E-state index contributed by atoms with van der Waals surface area (Å²) in [6.07, 6.45) is 3.88. The van der Waals surface area contributed by atoms with Gasteiger partial charge in [0.25, 0.3) is 0 Å². The summed E-state index contributed by atoms with van der Waals surface area (Å²) in [6, 6.07) is 0. The van der Waals surface area contributed by atoms with E-state index in [1.807, 2.05) is 0 Å². The van der Waals surface area contributed by atoms with Crippen molar-refractivity contribution >= 4 is 0 Å². The second kappa shape index (κ2) is 8.20. The zero-order chi connectivity index (χ0) is 14.3. The molecule has 1 saturated carbocycles. The van der Waals surface area contributed by atoms with E-state index in [4.69, 9.17) is 4.74 Å². The number of aliphatic hydroxyl groups is 1. The summed E-state index contributed by atoms with van der Waals surface area (Å²) in [5.74, 6) is 0.637. The van der Waals surface area contributed by atoms with E-state index >= 15 is 0 Å². The summed E-state index contributed by atoms with van der Waals surface area (Å²) in [5, 5.41) is 13.4. The summed E-state index contributed by atoms with van der Waals surface area (Å²) < 4.78 is 5.59. The van der Waals surface area contributed by atoms with Gasteiger partial charge in [-0.05, 0) is 52.6 Å². The number of likely N-dealkylation sites (N-methyl/N-ethyl adjacent to an activating group) is 1. The first kappa shape index (κ1) is 16.9. The fourth-order valence-electron chi connectivity index (χ4n) is 2.58. The van der Waals surface area contributed by atoms with Crippen LogP contribution in [-0.4, -0.2) is 61.5 Å². The normalized spacial score (nSPS) is 19.1. The van der Waals surface area contributed by atoms with Gasteiger partial charge in [0.05, 0.1) is 24.9 Å². The number of hydrogen-bond acceptors (Lipinski definition) is 4. The Morgan fingerprint density at radius 3 is 2.58 bits per heavy atom. The molecule has 4 heteroatoms. The molecular formula is C15H32N2O2. The highest BCUT2D eigenvalue weighted by atomic mass is 16.5. The zero-order valence-corrected chi connectivity index (χ0v) is 13.1. The second-order valence-corrected chi connectivity index (χ2v) is 6.17. The summed E-state index contributed by atoms with van der Waals surface area (Å²) in [5.41, 5.74) is -0.109. The molecule has 1 aliphatic carbocycles. The van der Waals surface area contributed by atoms with Crippen molar-refractivity contribution in [1.29, 1.82) is 0 Å². The summed E-state index contributed by atoms with van der Waals surface area (Å²) in [7, 11) is 2.12. The largest absolute Gasteiger partial charge is 0.394 e. The van der Waals surface area contributed by atoms with Gasteiger partial charge < -0.3 is 20.1 Å². The Morgan fingerprint density at radius 1 is 1.42 bits per heavy atom. The third-order valence-electron chi connectivity index (χ3n) is 3.84.